The first-order valence-electron chi connectivity index (χ1n) is 11.1. The third-order valence-electron chi connectivity index (χ3n) is 9.37. The van der Waals surface area contributed by atoms with Crippen LogP contribution >= 0.6 is 11.8 Å². The molecule has 0 aromatic carbocycles. The normalized spacial score (nSPS) is 49.5. The molecule has 0 heterocycles. The van der Waals surface area contributed by atoms with Crippen LogP contribution in [-0.2, 0) is 14.3 Å². The maximum Gasteiger partial charge on any atom is 0.302 e. The molecule has 28 heavy (non-hydrogen) atoms. The van der Waals surface area contributed by atoms with Gasteiger partial charge >= 0.3 is 5.97 Å². The molecule has 0 aromatic heterocycles. The molecule has 0 amide bonds. The molecule has 5 saturated carbocycles. The number of carbonyl (C=O) groups excluding carboxylic acids is 2. The minimum atomic E-state index is -0.275. The zero-order valence-corrected chi connectivity index (χ0v) is 18.6. The summed E-state index contributed by atoms with van der Waals surface area (Å²) >= 11 is 1.89. The molecular formula is C23H35NO3S. The van der Waals surface area contributed by atoms with Gasteiger partial charge in [0.25, 0.3) is 0 Å². The first-order valence-corrected chi connectivity index (χ1v) is 12.5. The maximum absolute atomic E-state index is 12.1. The zero-order valence-electron chi connectivity index (χ0n) is 17.8. The van der Waals surface area contributed by atoms with Gasteiger partial charge in [-0.15, -0.1) is 0 Å². The minimum Gasteiger partial charge on any atom is -0.462 e. The molecule has 156 valence electrons. The predicted molar refractivity (Wildman–Crippen MR) is 112 cm³/mol. The Labute approximate surface area is 173 Å². The lowest BCUT2D eigenvalue weighted by molar-refractivity contribution is -0.241. The number of ether oxygens (including phenoxy) is 1. The third kappa shape index (κ3) is 2.83. The number of aliphatic imine (C=N–C) groups is 1. The lowest BCUT2D eigenvalue weighted by atomic mass is 9.36. The topological polar surface area (TPSA) is 55.7 Å². The summed E-state index contributed by atoms with van der Waals surface area (Å²) in [6, 6.07) is 0. The fourth-order valence-corrected chi connectivity index (χ4v) is 9.28. The van der Waals surface area contributed by atoms with Crippen LogP contribution in [0.2, 0.25) is 0 Å². The van der Waals surface area contributed by atoms with E-state index in [4.69, 9.17) is 4.74 Å². The van der Waals surface area contributed by atoms with E-state index in [-0.39, 0.29) is 28.4 Å². The number of fused-ring (bicyclic) bond motifs is 3. The summed E-state index contributed by atoms with van der Waals surface area (Å²) in [5, 5.41) is 0. The van der Waals surface area contributed by atoms with Crippen molar-refractivity contribution in [1.82, 2.24) is 0 Å². The Balaban J connectivity index is 1.75. The molecule has 1 spiro atoms. The number of nitrogens with zero attached hydrogens (tertiary/aromatic N) is 1. The summed E-state index contributed by atoms with van der Waals surface area (Å²) in [5.41, 5.74) is 0.0187. The molecule has 5 aliphatic carbocycles. The van der Waals surface area contributed by atoms with Gasteiger partial charge in [-0.05, 0) is 87.0 Å². The number of rotatable bonds is 4. The number of esters is 1. The van der Waals surface area contributed by atoms with Crippen molar-refractivity contribution in [1.29, 1.82) is 0 Å². The van der Waals surface area contributed by atoms with E-state index in [1.165, 1.54) is 25.7 Å². The van der Waals surface area contributed by atoms with Gasteiger partial charge in [0.2, 0.25) is 6.08 Å². The van der Waals surface area contributed by atoms with Gasteiger partial charge in [-0.1, -0.05) is 13.3 Å². The Morgan fingerprint density at radius 2 is 1.93 bits per heavy atom. The van der Waals surface area contributed by atoms with Crippen molar-refractivity contribution in [2.24, 2.45) is 39.5 Å². The molecule has 8 atom stereocenters. The maximum atomic E-state index is 12.1. The first-order chi connectivity index (χ1) is 13.3. The molecule has 5 aliphatic rings. The van der Waals surface area contributed by atoms with E-state index in [2.05, 4.69) is 25.1 Å². The summed E-state index contributed by atoms with van der Waals surface area (Å²) in [5.74, 6) is 3.12. The second kappa shape index (κ2) is 7.16. The van der Waals surface area contributed by atoms with Crippen molar-refractivity contribution >= 4 is 23.8 Å². The standard InChI is InChI=1S/C23H35NO3S/c1-15(26)27-20-17(13-28-4)16-6-10-23(20)11-7-18-21(2,19(23)12-16)8-5-9-22(18,3)24-14-25/h16-20H,5-13H2,1-4H3/t16-,17-,18-,19-,20+,21+,22+,23-/m0/s1. The number of thioether (sulfide) groups is 1. The van der Waals surface area contributed by atoms with Gasteiger partial charge in [-0.3, -0.25) is 4.79 Å². The van der Waals surface area contributed by atoms with E-state index in [1.807, 2.05) is 17.8 Å². The number of hydrogen-bond donors (Lipinski definition) is 0. The van der Waals surface area contributed by atoms with Gasteiger partial charge in [-0.2, -0.15) is 16.8 Å². The van der Waals surface area contributed by atoms with Crippen molar-refractivity contribution in [3.05, 3.63) is 0 Å². The van der Waals surface area contributed by atoms with Crippen LogP contribution in [-0.4, -0.2) is 35.7 Å². The van der Waals surface area contributed by atoms with Crippen LogP contribution in [0.15, 0.2) is 4.99 Å². The molecule has 0 radical (unpaired) electrons. The van der Waals surface area contributed by atoms with E-state index < -0.39 is 0 Å². The Morgan fingerprint density at radius 1 is 1.18 bits per heavy atom. The largest absolute Gasteiger partial charge is 0.462 e. The molecule has 0 saturated heterocycles. The summed E-state index contributed by atoms with van der Waals surface area (Å²) in [7, 11) is 0. The lowest BCUT2D eigenvalue weighted by Gasteiger charge is -2.70. The van der Waals surface area contributed by atoms with Crippen molar-refractivity contribution in [3.63, 3.8) is 0 Å². The number of carbonyl (C=O) groups is 1. The van der Waals surface area contributed by atoms with Crippen LogP contribution < -0.4 is 0 Å². The first kappa shape index (κ1) is 20.5. The van der Waals surface area contributed by atoms with Crippen molar-refractivity contribution in [3.8, 4) is 0 Å². The van der Waals surface area contributed by atoms with Crippen LogP contribution in [0.5, 0.6) is 0 Å². The third-order valence-corrected chi connectivity index (χ3v) is 10.1. The fraction of sp³-hybridized carbons (Fsp3) is 0.913. The van der Waals surface area contributed by atoms with E-state index in [0.29, 0.717) is 23.7 Å². The molecule has 0 unspecified atom stereocenters. The highest BCUT2D eigenvalue weighted by Crippen LogP contribution is 2.72. The molecule has 2 bridgehead atoms. The molecule has 5 heteroatoms. The summed E-state index contributed by atoms with van der Waals surface area (Å²) in [4.78, 5) is 27.6. The van der Waals surface area contributed by atoms with Gasteiger partial charge in [0.1, 0.15) is 6.10 Å². The molecule has 0 aliphatic heterocycles. The number of hydrogen-bond acceptors (Lipinski definition) is 5. The quantitative estimate of drug-likeness (QED) is 0.375. The predicted octanol–water partition coefficient (Wildman–Crippen LogP) is 5.01. The van der Waals surface area contributed by atoms with E-state index >= 15 is 0 Å². The van der Waals surface area contributed by atoms with Crippen LogP contribution in [0.3, 0.4) is 0 Å². The molecule has 5 rings (SSSR count). The molecule has 0 aromatic rings. The Kier molecular flexibility index (Phi) is 5.24. The number of isocyanates is 1. The summed E-state index contributed by atoms with van der Waals surface area (Å²) in [6.07, 6.45) is 13.4. The summed E-state index contributed by atoms with van der Waals surface area (Å²) < 4.78 is 6.14. The Bertz CT molecular complexity index is 691. The van der Waals surface area contributed by atoms with Crippen molar-refractivity contribution < 1.29 is 14.3 Å². The Hall–Kier alpha value is -0.800. The second-order valence-corrected chi connectivity index (χ2v) is 11.4. The highest BCUT2D eigenvalue weighted by atomic mass is 32.2. The van der Waals surface area contributed by atoms with Crippen LogP contribution in [0.4, 0.5) is 0 Å². The van der Waals surface area contributed by atoms with Crippen molar-refractivity contribution in [2.45, 2.75) is 83.8 Å². The second-order valence-electron chi connectivity index (χ2n) is 10.5. The SMILES string of the molecule is CSC[C@H]1[C@H]2CC[C@@]3(CC[C@H]4[C@@](C)(CCC[C@@]4(C)N=C=O)[C@@H]3C2)[C@@H]1OC(C)=O. The van der Waals surface area contributed by atoms with E-state index in [1.54, 1.807) is 6.92 Å². The van der Waals surface area contributed by atoms with Crippen LogP contribution in [0, 0.1) is 34.5 Å². The average molecular weight is 406 g/mol. The monoisotopic (exact) mass is 405 g/mol. The molecular weight excluding hydrogens is 370 g/mol. The highest BCUT2D eigenvalue weighted by molar-refractivity contribution is 7.98. The van der Waals surface area contributed by atoms with E-state index in [0.717, 1.165) is 31.4 Å². The van der Waals surface area contributed by atoms with Gasteiger partial charge < -0.3 is 4.74 Å². The smallest absolute Gasteiger partial charge is 0.302 e. The summed E-state index contributed by atoms with van der Waals surface area (Å²) in [6.45, 7) is 6.23. The molecule has 5 fully saturated rings. The van der Waals surface area contributed by atoms with Crippen LogP contribution in [0.25, 0.3) is 0 Å². The van der Waals surface area contributed by atoms with E-state index in [9.17, 15) is 9.59 Å². The van der Waals surface area contributed by atoms with Gasteiger partial charge in [0, 0.05) is 18.3 Å². The fourth-order valence-electron chi connectivity index (χ4n) is 8.45. The van der Waals surface area contributed by atoms with Gasteiger partial charge in [0.15, 0.2) is 0 Å². The van der Waals surface area contributed by atoms with Gasteiger partial charge in [0.05, 0.1) is 5.54 Å². The zero-order chi connectivity index (χ0) is 20.2. The minimum absolute atomic E-state index is 0.0653. The Morgan fingerprint density at radius 3 is 2.61 bits per heavy atom. The van der Waals surface area contributed by atoms with Crippen LogP contribution in [0.1, 0.15) is 72.1 Å². The van der Waals surface area contributed by atoms with Crippen molar-refractivity contribution in [2.75, 3.05) is 12.0 Å². The van der Waals surface area contributed by atoms with Gasteiger partial charge in [-0.25, -0.2) is 4.79 Å². The molecule has 0 N–H and O–H groups in total. The average Bonchev–Trinajstić information content (AvgIpc) is 2.63. The molecule has 4 nitrogen and oxygen atoms in total. The highest BCUT2D eigenvalue weighted by Gasteiger charge is 2.68. The lowest BCUT2D eigenvalue weighted by Crippen LogP contribution is -2.67.